The van der Waals surface area contributed by atoms with Gasteiger partial charge in [0.25, 0.3) is 0 Å². The van der Waals surface area contributed by atoms with Crippen LogP contribution < -0.4 is 0 Å². The maximum atomic E-state index is 4.65. The van der Waals surface area contributed by atoms with Crippen molar-refractivity contribution in [2.24, 2.45) is 23.7 Å². The van der Waals surface area contributed by atoms with Crippen molar-refractivity contribution in [2.45, 2.75) is 38.0 Å². The number of pyridine rings is 1. The maximum absolute atomic E-state index is 4.65. The van der Waals surface area contributed by atoms with E-state index in [-0.39, 0.29) is 0 Å². The number of thiophene rings is 1. The molecule has 0 saturated heterocycles. The Hall–Kier alpha value is -2.19. The summed E-state index contributed by atoms with van der Waals surface area (Å²) in [4.78, 5) is 4.65. The monoisotopic (exact) mass is 395 g/mol. The molecule has 0 unspecified atom stereocenters. The van der Waals surface area contributed by atoms with Crippen LogP contribution in [0.3, 0.4) is 0 Å². The molecule has 4 saturated carbocycles. The van der Waals surface area contributed by atoms with E-state index in [1.807, 2.05) is 23.6 Å². The van der Waals surface area contributed by atoms with Gasteiger partial charge in [0, 0.05) is 31.9 Å². The minimum absolute atomic E-state index is 0.790. The predicted octanol–water partition coefficient (Wildman–Crippen LogP) is 7.66. The SMILES string of the molecule is c1ccc(-c2cccc3c2sc2c(C4C5CC6CC(C5)CC4C6)cccc23)nc1. The number of hydrogen-bond donors (Lipinski definition) is 0. The highest BCUT2D eigenvalue weighted by Crippen LogP contribution is 2.61. The number of hydrogen-bond acceptors (Lipinski definition) is 2. The molecule has 2 heteroatoms. The van der Waals surface area contributed by atoms with E-state index in [0.29, 0.717) is 0 Å². The van der Waals surface area contributed by atoms with Crippen LogP contribution in [0.5, 0.6) is 0 Å². The first-order chi connectivity index (χ1) is 14.3. The van der Waals surface area contributed by atoms with Gasteiger partial charge in [0.1, 0.15) is 0 Å². The second-order valence-corrected chi connectivity index (χ2v) is 10.7. The lowest BCUT2D eigenvalue weighted by Gasteiger charge is -2.54. The topological polar surface area (TPSA) is 12.9 Å². The van der Waals surface area contributed by atoms with Crippen LogP contribution in [0.25, 0.3) is 31.4 Å². The van der Waals surface area contributed by atoms with Gasteiger partial charge in [-0.15, -0.1) is 11.3 Å². The minimum Gasteiger partial charge on any atom is -0.256 e. The highest BCUT2D eigenvalue weighted by molar-refractivity contribution is 7.26. The molecule has 2 aromatic heterocycles. The molecule has 0 aliphatic heterocycles. The van der Waals surface area contributed by atoms with Gasteiger partial charge in [0.15, 0.2) is 0 Å². The van der Waals surface area contributed by atoms with E-state index in [2.05, 4.69) is 53.5 Å². The highest BCUT2D eigenvalue weighted by atomic mass is 32.1. The van der Waals surface area contributed by atoms with Crippen LogP contribution in [-0.2, 0) is 0 Å². The Morgan fingerprint density at radius 2 is 1.41 bits per heavy atom. The molecule has 0 atom stereocenters. The van der Waals surface area contributed by atoms with Gasteiger partial charge >= 0.3 is 0 Å². The van der Waals surface area contributed by atoms with Gasteiger partial charge in [-0.1, -0.05) is 42.5 Å². The van der Waals surface area contributed by atoms with Crippen molar-refractivity contribution in [1.29, 1.82) is 0 Å². The first kappa shape index (κ1) is 16.6. The van der Waals surface area contributed by atoms with Gasteiger partial charge in [-0.2, -0.15) is 0 Å². The molecule has 0 amide bonds. The molecule has 1 nitrogen and oxygen atoms in total. The largest absolute Gasteiger partial charge is 0.256 e. The van der Waals surface area contributed by atoms with Crippen molar-refractivity contribution < 1.29 is 0 Å². The molecule has 0 spiro atoms. The number of aromatic nitrogens is 1. The molecule has 0 N–H and O–H groups in total. The molecule has 144 valence electrons. The average Bonchev–Trinajstić information content (AvgIpc) is 3.13. The highest BCUT2D eigenvalue weighted by Gasteiger charge is 2.48. The molecule has 4 fully saturated rings. The average molecular weight is 396 g/mol. The van der Waals surface area contributed by atoms with E-state index in [1.54, 1.807) is 10.3 Å². The second-order valence-electron chi connectivity index (χ2n) is 9.68. The standard InChI is InChI=1S/C27H25NS/c1-2-10-28-24(9-1)22-7-3-5-20-21-6-4-8-23(27(21)29-26(20)22)25-18-12-16-11-17(14-18)15-19(25)13-16/h1-10,16-19,25H,11-15H2. The maximum Gasteiger partial charge on any atom is 0.0716 e. The summed E-state index contributed by atoms with van der Waals surface area (Å²) in [7, 11) is 0. The van der Waals surface area contributed by atoms with E-state index in [1.165, 1.54) is 53.1 Å². The smallest absolute Gasteiger partial charge is 0.0716 e. The molecule has 8 rings (SSSR count). The van der Waals surface area contributed by atoms with Crippen LogP contribution >= 0.6 is 11.3 Å². The molecule has 0 radical (unpaired) electrons. The molecule has 4 aliphatic rings. The van der Waals surface area contributed by atoms with E-state index >= 15 is 0 Å². The zero-order valence-corrected chi connectivity index (χ0v) is 17.4. The molecule has 4 bridgehead atoms. The Bertz CT molecular complexity index is 1190. The molecule has 4 aliphatic carbocycles. The van der Waals surface area contributed by atoms with E-state index < -0.39 is 0 Å². The lowest BCUT2D eigenvalue weighted by molar-refractivity contribution is -0.00225. The third-order valence-corrected chi connectivity index (χ3v) is 9.39. The van der Waals surface area contributed by atoms with Crippen molar-refractivity contribution in [3.8, 4) is 11.3 Å². The lowest BCUT2D eigenvalue weighted by Crippen LogP contribution is -2.43. The Morgan fingerprint density at radius 1 is 0.690 bits per heavy atom. The van der Waals surface area contributed by atoms with Crippen molar-refractivity contribution in [3.05, 3.63) is 66.4 Å². The van der Waals surface area contributed by atoms with Crippen molar-refractivity contribution in [1.82, 2.24) is 4.98 Å². The normalized spacial score (nSPS) is 30.4. The van der Waals surface area contributed by atoms with Crippen LogP contribution in [0, 0.1) is 23.7 Å². The molecular formula is C27H25NS. The number of rotatable bonds is 2. The van der Waals surface area contributed by atoms with Crippen molar-refractivity contribution >= 4 is 31.5 Å². The summed E-state index contributed by atoms with van der Waals surface area (Å²) >= 11 is 2.01. The second kappa shape index (κ2) is 6.15. The summed E-state index contributed by atoms with van der Waals surface area (Å²) in [6, 6.07) is 20.1. The summed E-state index contributed by atoms with van der Waals surface area (Å²) in [6.07, 6.45) is 9.37. The Balaban J connectivity index is 1.44. The fourth-order valence-electron chi connectivity index (χ4n) is 7.26. The fourth-order valence-corrected chi connectivity index (χ4v) is 8.65. The molecule has 2 aromatic carbocycles. The summed E-state index contributed by atoms with van der Waals surface area (Å²) < 4.78 is 2.95. The van der Waals surface area contributed by atoms with Gasteiger partial charge in [-0.25, -0.2) is 0 Å². The first-order valence-corrected chi connectivity index (χ1v) is 12.0. The lowest BCUT2D eigenvalue weighted by atomic mass is 9.51. The fraction of sp³-hybridized carbons (Fsp3) is 0.370. The van der Waals surface area contributed by atoms with Gasteiger partial charge < -0.3 is 0 Å². The zero-order chi connectivity index (χ0) is 18.9. The Kier molecular flexibility index (Phi) is 3.52. The van der Waals surface area contributed by atoms with Crippen molar-refractivity contribution in [2.75, 3.05) is 0 Å². The predicted molar refractivity (Wildman–Crippen MR) is 122 cm³/mol. The van der Waals surface area contributed by atoms with E-state index in [4.69, 9.17) is 0 Å². The van der Waals surface area contributed by atoms with E-state index in [9.17, 15) is 0 Å². The quantitative estimate of drug-likeness (QED) is 0.339. The number of nitrogens with zero attached hydrogens (tertiary/aromatic N) is 1. The molecule has 29 heavy (non-hydrogen) atoms. The minimum atomic E-state index is 0.790. The molecular weight excluding hydrogens is 370 g/mol. The summed E-state index contributed by atoms with van der Waals surface area (Å²) in [5, 5.41) is 2.85. The summed E-state index contributed by atoms with van der Waals surface area (Å²) in [5.41, 5.74) is 4.02. The van der Waals surface area contributed by atoms with Gasteiger partial charge in [0.2, 0.25) is 0 Å². The third kappa shape index (κ3) is 2.42. The summed E-state index contributed by atoms with van der Waals surface area (Å²) in [6.45, 7) is 0. The third-order valence-electron chi connectivity index (χ3n) is 8.08. The number of fused-ring (bicyclic) bond motifs is 3. The summed E-state index contributed by atoms with van der Waals surface area (Å²) in [5.74, 6) is 4.71. The van der Waals surface area contributed by atoms with Crippen LogP contribution in [0.4, 0.5) is 0 Å². The van der Waals surface area contributed by atoms with E-state index in [0.717, 1.165) is 35.3 Å². The zero-order valence-electron chi connectivity index (χ0n) is 16.6. The van der Waals surface area contributed by atoms with Crippen LogP contribution in [0.1, 0.15) is 43.6 Å². The van der Waals surface area contributed by atoms with Crippen LogP contribution in [0.15, 0.2) is 60.8 Å². The first-order valence-electron chi connectivity index (χ1n) is 11.2. The van der Waals surface area contributed by atoms with Gasteiger partial charge in [-0.3, -0.25) is 4.98 Å². The van der Waals surface area contributed by atoms with Gasteiger partial charge in [0.05, 0.1) is 5.69 Å². The number of benzene rings is 2. The Morgan fingerprint density at radius 3 is 2.14 bits per heavy atom. The molecule has 4 aromatic rings. The van der Waals surface area contributed by atoms with Crippen molar-refractivity contribution in [3.63, 3.8) is 0 Å². The van der Waals surface area contributed by atoms with Gasteiger partial charge in [-0.05, 0) is 79.4 Å². The van der Waals surface area contributed by atoms with Crippen LogP contribution in [0.2, 0.25) is 0 Å². The molecule has 2 heterocycles. The van der Waals surface area contributed by atoms with Crippen LogP contribution in [-0.4, -0.2) is 4.98 Å². The Labute approximate surface area is 175 Å².